The number of urea groups is 1. The average molecular weight is 297 g/mol. The van der Waals surface area contributed by atoms with Gasteiger partial charge in [-0.1, -0.05) is 0 Å². The lowest BCUT2D eigenvalue weighted by molar-refractivity contribution is -0.115. The average Bonchev–Trinajstić information content (AvgIpc) is 3.06. The smallest absolute Gasteiger partial charge is 0.335 e. The van der Waals surface area contributed by atoms with Crippen LogP contribution in [0, 0.1) is 0 Å². The fraction of sp³-hybridized carbons (Fsp3) is 0. The number of hydrogen-bond acceptors (Lipinski definition) is 3. The van der Waals surface area contributed by atoms with Gasteiger partial charge in [-0.2, -0.15) is 0 Å². The first-order valence-corrected chi connectivity index (χ1v) is 6.40. The number of imide groups is 1. The van der Waals surface area contributed by atoms with E-state index in [4.69, 9.17) is 5.11 Å². The summed E-state index contributed by atoms with van der Waals surface area (Å²) >= 11 is 0. The van der Waals surface area contributed by atoms with E-state index >= 15 is 0 Å². The largest absolute Gasteiger partial charge is 0.478 e. The van der Waals surface area contributed by atoms with Crippen molar-refractivity contribution in [2.24, 2.45) is 0 Å². The second-order valence-electron chi connectivity index (χ2n) is 4.62. The quantitative estimate of drug-likeness (QED) is 0.588. The van der Waals surface area contributed by atoms with E-state index in [0.29, 0.717) is 5.69 Å². The molecule has 0 bridgehead atoms. The molecule has 1 saturated heterocycles. The van der Waals surface area contributed by atoms with E-state index in [1.54, 1.807) is 41.1 Å². The molecular weight excluding hydrogens is 286 g/mol. The van der Waals surface area contributed by atoms with E-state index in [1.807, 2.05) is 0 Å². The van der Waals surface area contributed by atoms with Crippen LogP contribution in [0.3, 0.4) is 0 Å². The fourth-order valence-corrected chi connectivity index (χ4v) is 2.14. The van der Waals surface area contributed by atoms with Gasteiger partial charge >= 0.3 is 12.0 Å². The molecule has 0 radical (unpaired) electrons. The Balaban J connectivity index is 1.95. The standard InChI is InChI=1S/C15H11N3O4/c19-13-12(16-15(22)17-13)8-11-2-1-7-18(11)10-5-3-9(4-6-10)14(20)21/h1-8H,(H,20,21)(H2,16,17,19,22)/b12-8-. The number of nitrogens with zero attached hydrogens (tertiary/aromatic N) is 1. The van der Waals surface area contributed by atoms with Gasteiger partial charge in [0, 0.05) is 17.6 Å². The van der Waals surface area contributed by atoms with E-state index in [-0.39, 0.29) is 11.3 Å². The van der Waals surface area contributed by atoms with Gasteiger partial charge in [0.1, 0.15) is 5.70 Å². The summed E-state index contributed by atoms with van der Waals surface area (Å²) in [6, 6.07) is 9.33. The van der Waals surface area contributed by atoms with Crippen LogP contribution in [0.15, 0.2) is 48.3 Å². The van der Waals surface area contributed by atoms with E-state index in [9.17, 15) is 14.4 Å². The third-order valence-electron chi connectivity index (χ3n) is 3.18. The van der Waals surface area contributed by atoms with Crippen molar-refractivity contribution in [1.29, 1.82) is 0 Å². The molecule has 22 heavy (non-hydrogen) atoms. The van der Waals surface area contributed by atoms with Crippen molar-refractivity contribution < 1.29 is 19.5 Å². The first-order valence-electron chi connectivity index (χ1n) is 6.40. The van der Waals surface area contributed by atoms with Gasteiger partial charge in [0.25, 0.3) is 5.91 Å². The Bertz CT molecular complexity index is 802. The summed E-state index contributed by atoms with van der Waals surface area (Å²) < 4.78 is 1.77. The maximum Gasteiger partial charge on any atom is 0.335 e. The Kier molecular flexibility index (Phi) is 3.23. The Morgan fingerprint density at radius 2 is 1.82 bits per heavy atom. The van der Waals surface area contributed by atoms with E-state index in [1.165, 1.54) is 12.1 Å². The number of hydrogen-bond donors (Lipinski definition) is 3. The molecule has 3 rings (SSSR count). The molecule has 1 fully saturated rings. The molecule has 110 valence electrons. The summed E-state index contributed by atoms with van der Waals surface area (Å²) in [4.78, 5) is 33.5. The second-order valence-corrected chi connectivity index (χ2v) is 4.62. The number of carbonyl (C=O) groups excluding carboxylic acids is 2. The normalized spacial score (nSPS) is 15.7. The zero-order valence-corrected chi connectivity index (χ0v) is 11.2. The van der Waals surface area contributed by atoms with Gasteiger partial charge in [-0.05, 0) is 42.5 Å². The molecule has 1 aromatic carbocycles. The van der Waals surface area contributed by atoms with Crippen molar-refractivity contribution in [3.8, 4) is 5.69 Å². The summed E-state index contributed by atoms with van der Waals surface area (Å²) in [6.07, 6.45) is 3.32. The van der Waals surface area contributed by atoms with Crippen LogP contribution in [0.2, 0.25) is 0 Å². The van der Waals surface area contributed by atoms with Gasteiger partial charge in [-0.15, -0.1) is 0 Å². The predicted octanol–water partition coefficient (Wildman–Crippen LogP) is 1.36. The van der Waals surface area contributed by atoms with Gasteiger partial charge in [0.15, 0.2) is 0 Å². The molecule has 2 heterocycles. The SMILES string of the molecule is O=C1NC(=O)/C(=C/c2cccn2-c2ccc(C(=O)O)cc2)N1. The lowest BCUT2D eigenvalue weighted by Gasteiger charge is -2.07. The number of amides is 3. The van der Waals surface area contributed by atoms with E-state index < -0.39 is 17.9 Å². The van der Waals surface area contributed by atoms with Crippen LogP contribution < -0.4 is 10.6 Å². The van der Waals surface area contributed by atoms with Crippen molar-refractivity contribution in [2.75, 3.05) is 0 Å². The Hall–Kier alpha value is -3.35. The summed E-state index contributed by atoms with van der Waals surface area (Å²) in [6.45, 7) is 0. The van der Waals surface area contributed by atoms with Crippen LogP contribution >= 0.6 is 0 Å². The molecule has 0 aliphatic carbocycles. The minimum atomic E-state index is -0.994. The number of carbonyl (C=O) groups is 3. The molecule has 1 aliphatic rings. The first-order chi connectivity index (χ1) is 10.5. The molecule has 0 unspecified atom stereocenters. The Labute approximate surface area is 124 Å². The molecule has 2 aromatic rings. The van der Waals surface area contributed by atoms with Crippen molar-refractivity contribution >= 4 is 24.0 Å². The number of nitrogens with one attached hydrogen (secondary N) is 2. The topological polar surface area (TPSA) is 100 Å². The molecule has 1 aromatic heterocycles. The second kappa shape index (κ2) is 5.21. The third-order valence-corrected chi connectivity index (χ3v) is 3.18. The summed E-state index contributed by atoms with van der Waals surface area (Å²) in [5.41, 5.74) is 1.77. The monoisotopic (exact) mass is 297 g/mol. The van der Waals surface area contributed by atoms with Crippen LogP contribution in [0.4, 0.5) is 4.79 Å². The van der Waals surface area contributed by atoms with Crippen molar-refractivity contribution in [3.63, 3.8) is 0 Å². The summed E-state index contributed by atoms with van der Waals surface area (Å²) in [7, 11) is 0. The number of carboxylic acids is 1. The molecule has 1 aliphatic heterocycles. The molecule has 7 heteroatoms. The summed E-state index contributed by atoms with van der Waals surface area (Å²) in [5.74, 6) is -1.48. The maximum atomic E-state index is 11.5. The summed E-state index contributed by atoms with van der Waals surface area (Å²) in [5, 5.41) is 13.4. The van der Waals surface area contributed by atoms with Gasteiger partial charge in [0.2, 0.25) is 0 Å². The molecule has 0 atom stereocenters. The maximum absolute atomic E-state index is 11.5. The molecule has 0 saturated carbocycles. The van der Waals surface area contributed by atoms with Crippen LogP contribution in [0.5, 0.6) is 0 Å². The highest BCUT2D eigenvalue weighted by atomic mass is 16.4. The number of aromatic carboxylic acids is 1. The lowest BCUT2D eigenvalue weighted by Crippen LogP contribution is -2.22. The molecule has 7 nitrogen and oxygen atoms in total. The minimum absolute atomic E-state index is 0.159. The highest BCUT2D eigenvalue weighted by Crippen LogP contribution is 2.17. The zero-order chi connectivity index (χ0) is 15.7. The zero-order valence-electron chi connectivity index (χ0n) is 11.2. The molecule has 0 spiro atoms. The van der Waals surface area contributed by atoms with Gasteiger partial charge in [-0.3, -0.25) is 10.1 Å². The van der Waals surface area contributed by atoms with Gasteiger partial charge in [0.05, 0.1) is 5.56 Å². The lowest BCUT2D eigenvalue weighted by atomic mass is 10.2. The van der Waals surface area contributed by atoms with Crippen LogP contribution in [-0.2, 0) is 4.79 Å². The minimum Gasteiger partial charge on any atom is -0.478 e. The van der Waals surface area contributed by atoms with Crippen molar-refractivity contribution in [3.05, 3.63) is 59.5 Å². The van der Waals surface area contributed by atoms with Gasteiger partial charge in [-0.25, -0.2) is 9.59 Å². The fourth-order valence-electron chi connectivity index (χ4n) is 2.14. The number of carboxylic acid groups (broad SMARTS) is 1. The third kappa shape index (κ3) is 2.47. The number of rotatable bonds is 3. The van der Waals surface area contributed by atoms with Crippen LogP contribution in [0.25, 0.3) is 11.8 Å². The van der Waals surface area contributed by atoms with Gasteiger partial charge < -0.3 is 15.0 Å². The van der Waals surface area contributed by atoms with Crippen molar-refractivity contribution in [2.45, 2.75) is 0 Å². The molecule has 3 amide bonds. The number of benzene rings is 1. The van der Waals surface area contributed by atoms with Crippen molar-refractivity contribution in [1.82, 2.24) is 15.2 Å². The van der Waals surface area contributed by atoms with E-state index in [2.05, 4.69) is 10.6 Å². The Morgan fingerprint density at radius 3 is 2.41 bits per heavy atom. The molecular formula is C15H11N3O4. The first kappa shape index (κ1) is 13.6. The Morgan fingerprint density at radius 1 is 1.09 bits per heavy atom. The molecule has 3 N–H and O–H groups in total. The van der Waals surface area contributed by atoms with Crippen LogP contribution in [0.1, 0.15) is 16.1 Å². The number of aromatic nitrogens is 1. The highest BCUT2D eigenvalue weighted by Gasteiger charge is 2.23. The highest BCUT2D eigenvalue weighted by molar-refractivity contribution is 6.13. The van der Waals surface area contributed by atoms with Crippen LogP contribution in [-0.4, -0.2) is 27.6 Å². The van der Waals surface area contributed by atoms with E-state index in [0.717, 1.165) is 5.69 Å². The predicted molar refractivity (Wildman–Crippen MR) is 77.4 cm³/mol.